The molecule has 4 heteroatoms. The van der Waals surface area contributed by atoms with Gasteiger partial charge in [0, 0.05) is 6.61 Å². The van der Waals surface area contributed by atoms with Gasteiger partial charge in [-0.2, -0.15) is 0 Å². The molecule has 0 aliphatic rings. The van der Waals surface area contributed by atoms with Gasteiger partial charge in [0.1, 0.15) is 0 Å². The molecular weight excluding hydrogens is 160 g/mol. The maximum atomic E-state index is 10.4. The molecule has 0 saturated heterocycles. The highest BCUT2D eigenvalue weighted by Crippen LogP contribution is 2.04. The maximum absolute atomic E-state index is 10.4. The summed E-state index contributed by atoms with van der Waals surface area (Å²) in [5, 5.41) is 17.7. The van der Waals surface area contributed by atoms with E-state index in [2.05, 4.69) is 0 Å². The van der Waals surface area contributed by atoms with Crippen LogP contribution in [0, 0.1) is 5.92 Å². The fourth-order valence-corrected chi connectivity index (χ4v) is 0.555. The molecular formula is C8H16O4. The molecule has 12 heavy (non-hydrogen) atoms. The molecule has 0 aliphatic heterocycles. The molecule has 0 aromatic carbocycles. The molecule has 0 bridgehead atoms. The van der Waals surface area contributed by atoms with Crippen LogP contribution >= 0.6 is 0 Å². The Balaban J connectivity index is 3.69. The van der Waals surface area contributed by atoms with Gasteiger partial charge < -0.3 is 14.9 Å². The Kier molecular flexibility index (Phi) is 4.20. The third-order valence-corrected chi connectivity index (χ3v) is 1.30. The van der Waals surface area contributed by atoms with Crippen molar-refractivity contribution in [2.24, 2.45) is 5.92 Å². The minimum atomic E-state index is -1.77. The van der Waals surface area contributed by atoms with Gasteiger partial charge in [-0.1, -0.05) is 13.8 Å². The molecule has 0 aliphatic carbocycles. The molecule has 0 saturated carbocycles. The summed E-state index contributed by atoms with van der Waals surface area (Å²) < 4.78 is 4.99. The second-order valence-corrected chi connectivity index (χ2v) is 3.49. The van der Waals surface area contributed by atoms with Gasteiger partial charge in [-0.05, 0) is 12.8 Å². The highest BCUT2D eigenvalue weighted by molar-refractivity contribution is 5.76. The van der Waals surface area contributed by atoms with Crippen LogP contribution < -0.4 is 0 Å². The summed E-state index contributed by atoms with van der Waals surface area (Å²) in [6, 6.07) is 0. The number of ether oxygens (including phenoxy) is 1. The van der Waals surface area contributed by atoms with Crippen LogP contribution in [0.4, 0.5) is 0 Å². The quantitative estimate of drug-likeness (QED) is 0.640. The molecule has 0 spiro atoms. The van der Waals surface area contributed by atoms with Crippen molar-refractivity contribution < 1.29 is 19.7 Å². The summed E-state index contributed by atoms with van der Waals surface area (Å²) in [4.78, 5) is 10.4. The first kappa shape index (κ1) is 11.4. The minimum absolute atomic E-state index is 0.166. The first-order valence-electron chi connectivity index (χ1n) is 3.90. The zero-order valence-electron chi connectivity index (χ0n) is 7.70. The SMILES string of the molecule is CC(C)COCC(C)(O)C(=O)O. The average Bonchev–Trinajstić information content (AvgIpc) is 1.85. The van der Waals surface area contributed by atoms with E-state index in [-0.39, 0.29) is 6.61 Å². The number of rotatable bonds is 5. The maximum Gasteiger partial charge on any atom is 0.337 e. The zero-order valence-corrected chi connectivity index (χ0v) is 7.70. The van der Waals surface area contributed by atoms with Crippen molar-refractivity contribution in [2.75, 3.05) is 13.2 Å². The summed E-state index contributed by atoms with van der Waals surface area (Å²) in [6.07, 6.45) is 0. The Bertz CT molecular complexity index is 151. The Hall–Kier alpha value is -0.610. The van der Waals surface area contributed by atoms with Crippen molar-refractivity contribution in [2.45, 2.75) is 26.4 Å². The van der Waals surface area contributed by atoms with E-state index < -0.39 is 11.6 Å². The van der Waals surface area contributed by atoms with Gasteiger partial charge in [-0.3, -0.25) is 0 Å². The second-order valence-electron chi connectivity index (χ2n) is 3.49. The van der Waals surface area contributed by atoms with Crippen LogP contribution in [0.2, 0.25) is 0 Å². The van der Waals surface area contributed by atoms with Gasteiger partial charge in [0.05, 0.1) is 6.61 Å². The molecule has 0 aromatic heterocycles. The average molecular weight is 176 g/mol. The number of hydrogen-bond acceptors (Lipinski definition) is 3. The summed E-state index contributed by atoms with van der Waals surface area (Å²) in [7, 11) is 0. The highest BCUT2D eigenvalue weighted by atomic mass is 16.5. The van der Waals surface area contributed by atoms with Crippen molar-refractivity contribution in [3.05, 3.63) is 0 Å². The molecule has 4 nitrogen and oxygen atoms in total. The third kappa shape index (κ3) is 4.31. The number of aliphatic carboxylic acids is 1. The molecule has 0 fully saturated rings. The summed E-state index contributed by atoms with van der Waals surface area (Å²) in [6.45, 7) is 5.42. The van der Waals surface area contributed by atoms with Crippen LogP contribution in [0.5, 0.6) is 0 Å². The van der Waals surface area contributed by atoms with Gasteiger partial charge in [-0.25, -0.2) is 4.79 Å². The van der Waals surface area contributed by atoms with E-state index in [9.17, 15) is 9.90 Å². The van der Waals surface area contributed by atoms with E-state index in [0.29, 0.717) is 12.5 Å². The lowest BCUT2D eigenvalue weighted by Gasteiger charge is -2.18. The fraction of sp³-hybridized carbons (Fsp3) is 0.875. The Morgan fingerprint density at radius 2 is 2.08 bits per heavy atom. The molecule has 0 amide bonds. The van der Waals surface area contributed by atoms with Crippen molar-refractivity contribution in [3.63, 3.8) is 0 Å². The number of carbonyl (C=O) groups is 1. The minimum Gasteiger partial charge on any atom is -0.479 e. The first-order valence-corrected chi connectivity index (χ1v) is 3.90. The lowest BCUT2D eigenvalue weighted by molar-refractivity contribution is -0.163. The summed E-state index contributed by atoms with van der Waals surface area (Å²) in [5.41, 5.74) is -1.77. The third-order valence-electron chi connectivity index (χ3n) is 1.30. The molecule has 72 valence electrons. The predicted octanol–water partition coefficient (Wildman–Crippen LogP) is 0.495. The monoisotopic (exact) mass is 176 g/mol. The topological polar surface area (TPSA) is 66.8 Å². The zero-order chi connectivity index (χ0) is 9.78. The van der Waals surface area contributed by atoms with E-state index in [1.165, 1.54) is 6.92 Å². The van der Waals surface area contributed by atoms with Crippen molar-refractivity contribution in [1.82, 2.24) is 0 Å². The molecule has 0 radical (unpaired) electrons. The van der Waals surface area contributed by atoms with E-state index in [0.717, 1.165) is 0 Å². The molecule has 0 rings (SSSR count). The molecule has 1 unspecified atom stereocenters. The van der Waals surface area contributed by atoms with Crippen molar-refractivity contribution in [3.8, 4) is 0 Å². The Morgan fingerprint density at radius 3 is 2.42 bits per heavy atom. The number of carboxylic acid groups (broad SMARTS) is 1. The van der Waals surface area contributed by atoms with E-state index in [1.807, 2.05) is 13.8 Å². The highest BCUT2D eigenvalue weighted by Gasteiger charge is 2.29. The van der Waals surface area contributed by atoms with E-state index >= 15 is 0 Å². The molecule has 1 atom stereocenters. The van der Waals surface area contributed by atoms with Gasteiger partial charge >= 0.3 is 5.97 Å². The second kappa shape index (κ2) is 4.42. The molecule has 0 aromatic rings. The van der Waals surface area contributed by atoms with E-state index in [1.54, 1.807) is 0 Å². The van der Waals surface area contributed by atoms with Crippen LogP contribution in [0.3, 0.4) is 0 Å². The fourth-order valence-electron chi connectivity index (χ4n) is 0.555. The van der Waals surface area contributed by atoms with Crippen LogP contribution in [0.15, 0.2) is 0 Å². The first-order chi connectivity index (χ1) is 5.36. The predicted molar refractivity (Wildman–Crippen MR) is 43.9 cm³/mol. The van der Waals surface area contributed by atoms with Crippen LogP contribution in [-0.4, -0.2) is 35.0 Å². The standard InChI is InChI=1S/C8H16O4/c1-6(2)4-12-5-8(3,11)7(9)10/h6,11H,4-5H2,1-3H3,(H,9,10). The number of hydrogen-bond donors (Lipinski definition) is 2. The molecule has 2 N–H and O–H groups in total. The normalized spacial score (nSPS) is 16.1. The number of aliphatic hydroxyl groups is 1. The Morgan fingerprint density at radius 1 is 1.58 bits per heavy atom. The number of carboxylic acids is 1. The van der Waals surface area contributed by atoms with Gasteiger partial charge in [-0.15, -0.1) is 0 Å². The lowest BCUT2D eigenvalue weighted by Crippen LogP contribution is -2.40. The summed E-state index contributed by atoms with van der Waals surface area (Å²) in [5.74, 6) is -0.916. The lowest BCUT2D eigenvalue weighted by atomic mass is 10.1. The summed E-state index contributed by atoms with van der Waals surface area (Å²) >= 11 is 0. The van der Waals surface area contributed by atoms with Gasteiger partial charge in [0.15, 0.2) is 5.60 Å². The smallest absolute Gasteiger partial charge is 0.337 e. The van der Waals surface area contributed by atoms with Crippen molar-refractivity contribution in [1.29, 1.82) is 0 Å². The van der Waals surface area contributed by atoms with Crippen LogP contribution in [0.1, 0.15) is 20.8 Å². The van der Waals surface area contributed by atoms with Gasteiger partial charge in [0.2, 0.25) is 0 Å². The molecule has 0 heterocycles. The van der Waals surface area contributed by atoms with Gasteiger partial charge in [0.25, 0.3) is 0 Å². The van der Waals surface area contributed by atoms with E-state index in [4.69, 9.17) is 9.84 Å². The largest absolute Gasteiger partial charge is 0.479 e. The Labute approximate surface area is 72.2 Å². The van der Waals surface area contributed by atoms with Crippen LogP contribution in [-0.2, 0) is 9.53 Å². The van der Waals surface area contributed by atoms with Crippen LogP contribution in [0.25, 0.3) is 0 Å². The van der Waals surface area contributed by atoms with Crippen molar-refractivity contribution >= 4 is 5.97 Å².